The van der Waals surface area contributed by atoms with Crippen molar-refractivity contribution in [1.29, 1.82) is 0 Å². The highest BCUT2D eigenvalue weighted by atomic mass is 35.5. The summed E-state index contributed by atoms with van der Waals surface area (Å²) in [4.78, 5) is 35.1. The molecule has 0 bridgehead atoms. The molecule has 2 rings (SSSR count). The molecular formula is C13H9ClN2O4S. The Kier molecular flexibility index (Phi) is 4.44. The molecule has 0 atom stereocenters. The van der Waals surface area contributed by atoms with Gasteiger partial charge in [-0.25, -0.2) is 0 Å². The third-order valence-electron chi connectivity index (χ3n) is 2.66. The average Bonchev–Trinajstić information content (AvgIpc) is 2.69. The largest absolute Gasteiger partial charge is 0.293 e. The highest BCUT2D eigenvalue weighted by Gasteiger charge is 2.34. The Labute approximate surface area is 129 Å². The van der Waals surface area contributed by atoms with Crippen LogP contribution in [0, 0.1) is 10.1 Å². The standard InChI is InChI=1S/C13H9ClN2O4S/c1-2-5-15-12(17)11(21-13(15)18)7-8-6-9(16(19)20)3-4-10(8)14/h2-4,6-7H,1,5H2. The first-order valence-corrected chi connectivity index (χ1v) is 6.93. The van der Waals surface area contributed by atoms with Gasteiger partial charge < -0.3 is 0 Å². The third-order valence-corrected chi connectivity index (χ3v) is 3.91. The number of nitrogens with zero attached hydrogens (tertiary/aromatic N) is 2. The lowest BCUT2D eigenvalue weighted by atomic mass is 10.2. The molecule has 8 heteroatoms. The van der Waals surface area contributed by atoms with Gasteiger partial charge in [-0.15, -0.1) is 6.58 Å². The van der Waals surface area contributed by atoms with E-state index in [0.29, 0.717) is 5.56 Å². The highest BCUT2D eigenvalue weighted by molar-refractivity contribution is 8.18. The van der Waals surface area contributed by atoms with Crippen molar-refractivity contribution in [2.75, 3.05) is 6.54 Å². The number of rotatable bonds is 4. The van der Waals surface area contributed by atoms with Gasteiger partial charge in [0, 0.05) is 29.3 Å². The summed E-state index contributed by atoms with van der Waals surface area (Å²) in [6, 6.07) is 3.90. The number of imide groups is 1. The predicted octanol–water partition coefficient (Wildman–Crippen LogP) is 3.47. The minimum atomic E-state index is -0.558. The number of thioether (sulfide) groups is 1. The number of carbonyl (C=O) groups is 2. The molecule has 2 amide bonds. The number of amides is 2. The maximum atomic E-state index is 12.0. The highest BCUT2D eigenvalue weighted by Crippen LogP contribution is 2.34. The fourth-order valence-corrected chi connectivity index (χ4v) is 2.69. The molecule has 1 aromatic carbocycles. The van der Waals surface area contributed by atoms with Crippen LogP contribution in [0.15, 0.2) is 35.8 Å². The predicted molar refractivity (Wildman–Crippen MR) is 81.0 cm³/mol. The van der Waals surface area contributed by atoms with Gasteiger partial charge in [0.05, 0.1) is 9.83 Å². The molecule has 0 saturated carbocycles. The summed E-state index contributed by atoms with van der Waals surface area (Å²) in [7, 11) is 0. The molecule has 1 heterocycles. The van der Waals surface area contributed by atoms with Crippen LogP contribution in [0.1, 0.15) is 5.56 Å². The van der Waals surface area contributed by atoms with Crippen LogP contribution in [-0.2, 0) is 4.79 Å². The van der Waals surface area contributed by atoms with Crippen molar-refractivity contribution in [1.82, 2.24) is 4.90 Å². The molecule has 0 aliphatic carbocycles. The van der Waals surface area contributed by atoms with Crippen molar-refractivity contribution >= 4 is 46.3 Å². The molecule has 0 N–H and O–H groups in total. The number of hydrogen-bond acceptors (Lipinski definition) is 5. The maximum absolute atomic E-state index is 12.0. The van der Waals surface area contributed by atoms with E-state index in [4.69, 9.17) is 11.6 Å². The number of benzene rings is 1. The van der Waals surface area contributed by atoms with Gasteiger partial charge in [0.15, 0.2) is 0 Å². The van der Waals surface area contributed by atoms with Gasteiger partial charge in [-0.05, 0) is 23.9 Å². The minimum absolute atomic E-state index is 0.116. The van der Waals surface area contributed by atoms with Crippen molar-refractivity contribution in [3.05, 3.63) is 56.5 Å². The molecule has 1 aromatic rings. The van der Waals surface area contributed by atoms with Crippen LogP contribution >= 0.6 is 23.4 Å². The number of carbonyl (C=O) groups excluding carboxylic acids is 2. The average molecular weight is 325 g/mol. The molecule has 0 spiro atoms. The van der Waals surface area contributed by atoms with Crippen LogP contribution in [0.2, 0.25) is 5.02 Å². The first-order chi connectivity index (χ1) is 9.93. The molecule has 1 saturated heterocycles. The first-order valence-electron chi connectivity index (χ1n) is 5.74. The van der Waals surface area contributed by atoms with E-state index in [2.05, 4.69) is 6.58 Å². The van der Waals surface area contributed by atoms with E-state index in [0.717, 1.165) is 16.7 Å². The summed E-state index contributed by atoms with van der Waals surface area (Å²) in [5.41, 5.74) is 0.172. The summed E-state index contributed by atoms with van der Waals surface area (Å²) in [6.07, 6.45) is 2.82. The number of hydrogen-bond donors (Lipinski definition) is 0. The quantitative estimate of drug-likeness (QED) is 0.366. The van der Waals surface area contributed by atoms with E-state index in [1.165, 1.54) is 30.4 Å². The Morgan fingerprint density at radius 3 is 2.76 bits per heavy atom. The van der Waals surface area contributed by atoms with Crippen molar-refractivity contribution in [3.63, 3.8) is 0 Å². The van der Waals surface area contributed by atoms with Gasteiger partial charge in [0.2, 0.25) is 0 Å². The lowest BCUT2D eigenvalue weighted by Gasteiger charge is -2.07. The first kappa shape index (κ1) is 15.3. The molecule has 1 aliphatic rings. The second-order valence-electron chi connectivity index (χ2n) is 4.04. The van der Waals surface area contributed by atoms with E-state index in [1.807, 2.05) is 0 Å². The van der Waals surface area contributed by atoms with Crippen LogP contribution in [0.4, 0.5) is 10.5 Å². The second kappa shape index (κ2) is 6.11. The zero-order chi connectivity index (χ0) is 15.6. The molecular weight excluding hydrogens is 316 g/mol. The fraction of sp³-hybridized carbons (Fsp3) is 0.0769. The molecule has 1 fully saturated rings. The lowest BCUT2D eigenvalue weighted by molar-refractivity contribution is -0.384. The molecule has 108 valence electrons. The molecule has 0 aromatic heterocycles. The summed E-state index contributed by atoms with van der Waals surface area (Å²) in [6.45, 7) is 3.59. The van der Waals surface area contributed by atoms with Crippen LogP contribution < -0.4 is 0 Å². The summed E-state index contributed by atoms with van der Waals surface area (Å²) < 4.78 is 0. The normalized spacial score (nSPS) is 16.6. The van der Waals surface area contributed by atoms with E-state index in [-0.39, 0.29) is 22.2 Å². The summed E-state index contributed by atoms with van der Waals surface area (Å²) in [5.74, 6) is -0.465. The number of halogens is 1. The zero-order valence-electron chi connectivity index (χ0n) is 10.6. The van der Waals surface area contributed by atoms with Gasteiger partial charge in [0.25, 0.3) is 16.8 Å². The van der Waals surface area contributed by atoms with Gasteiger partial charge in [0.1, 0.15) is 0 Å². The van der Waals surface area contributed by atoms with E-state index < -0.39 is 16.1 Å². The lowest BCUT2D eigenvalue weighted by Crippen LogP contribution is -2.27. The van der Waals surface area contributed by atoms with Crippen LogP contribution in [-0.4, -0.2) is 27.5 Å². The van der Waals surface area contributed by atoms with E-state index in [9.17, 15) is 19.7 Å². The van der Waals surface area contributed by atoms with Gasteiger partial charge >= 0.3 is 0 Å². The number of nitro groups is 1. The third kappa shape index (κ3) is 3.14. The van der Waals surface area contributed by atoms with Crippen LogP contribution in [0.5, 0.6) is 0 Å². The van der Waals surface area contributed by atoms with Crippen molar-refractivity contribution in [2.24, 2.45) is 0 Å². The minimum Gasteiger partial charge on any atom is -0.268 e. The van der Waals surface area contributed by atoms with Gasteiger partial charge in [-0.1, -0.05) is 17.7 Å². The van der Waals surface area contributed by atoms with E-state index >= 15 is 0 Å². The summed E-state index contributed by atoms with van der Waals surface area (Å²) in [5, 5.41) is 10.6. The number of non-ortho nitro benzene ring substituents is 1. The molecule has 0 radical (unpaired) electrons. The fourth-order valence-electron chi connectivity index (χ4n) is 1.68. The van der Waals surface area contributed by atoms with E-state index in [1.54, 1.807) is 0 Å². The van der Waals surface area contributed by atoms with Crippen LogP contribution in [0.25, 0.3) is 6.08 Å². The number of nitro benzene ring substituents is 1. The van der Waals surface area contributed by atoms with Crippen molar-refractivity contribution < 1.29 is 14.5 Å². The Morgan fingerprint density at radius 2 is 2.14 bits per heavy atom. The van der Waals surface area contributed by atoms with Gasteiger partial charge in [-0.3, -0.25) is 24.6 Å². The smallest absolute Gasteiger partial charge is 0.268 e. The Morgan fingerprint density at radius 1 is 1.43 bits per heavy atom. The molecule has 1 aliphatic heterocycles. The Hall–Kier alpha value is -2.12. The Balaban J connectivity index is 2.38. The topological polar surface area (TPSA) is 80.5 Å². The summed E-state index contributed by atoms with van der Waals surface area (Å²) >= 11 is 6.72. The molecule has 0 unspecified atom stereocenters. The van der Waals surface area contributed by atoms with Gasteiger partial charge in [-0.2, -0.15) is 0 Å². The van der Waals surface area contributed by atoms with Crippen LogP contribution in [0.3, 0.4) is 0 Å². The second-order valence-corrected chi connectivity index (χ2v) is 5.44. The van der Waals surface area contributed by atoms with Crippen molar-refractivity contribution in [3.8, 4) is 0 Å². The SMILES string of the molecule is C=CCN1C(=O)SC(=Cc2cc([N+](=O)[O-])ccc2Cl)C1=O. The molecule has 21 heavy (non-hydrogen) atoms. The van der Waals surface area contributed by atoms with Crippen molar-refractivity contribution in [2.45, 2.75) is 0 Å². The Bertz CT molecular complexity index is 687. The zero-order valence-corrected chi connectivity index (χ0v) is 12.2. The molecule has 6 nitrogen and oxygen atoms in total. The monoisotopic (exact) mass is 324 g/mol. The maximum Gasteiger partial charge on any atom is 0.293 e.